The largest absolute Gasteiger partial charge is 0.396 e. The fourth-order valence-corrected chi connectivity index (χ4v) is 1.70. The Kier molecular flexibility index (Phi) is 3.79. The summed E-state index contributed by atoms with van der Waals surface area (Å²) in [5.74, 6) is 0.821. The number of nitrogen functional groups attached to an aromatic ring is 1. The number of carbonyl (C=O) groups excluding carboxylic acids is 1. The smallest absolute Gasteiger partial charge is 0.271 e. The topological polar surface area (TPSA) is 112 Å². The van der Waals surface area contributed by atoms with Crippen molar-refractivity contribution in [3.63, 3.8) is 0 Å². The van der Waals surface area contributed by atoms with Crippen molar-refractivity contribution in [2.45, 2.75) is 26.8 Å². The number of rotatable bonds is 5. The number of hydrogen-bond donors (Lipinski definition) is 2. The molecule has 2 rings (SSSR count). The maximum atomic E-state index is 12.0. The van der Waals surface area contributed by atoms with E-state index in [2.05, 4.69) is 20.6 Å². The summed E-state index contributed by atoms with van der Waals surface area (Å²) in [5.41, 5.74) is 6.47. The van der Waals surface area contributed by atoms with E-state index >= 15 is 0 Å². The van der Waals surface area contributed by atoms with Gasteiger partial charge in [0.15, 0.2) is 5.82 Å². The molecule has 1 amide bonds. The molecule has 0 bridgehead atoms. The number of anilines is 1. The van der Waals surface area contributed by atoms with Crippen LogP contribution in [0, 0.1) is 6.92 Å². The van der Waals surface area contributed by atoms with Gasteiger partial charge in [0.1, 0.15) is 5.69 Å². The zero-order valence-corrected chi connectivity index (χ0v) is 10.9. The van der Waals surface area contributed by atoms with Gasteiger partial charge in [0.25, 0.3) is 5.91 Å². The molecule has 0 aliphatic rings. The SMILES string of the molecule is CCn1ncc(N)c1C(=O)NCCc1noc(C)n1. The molecule has 2 heterocycles. The van der Waals surface area contributed by atoms with Gasteiger partial charge in [-0.3, -0.25) is 9.48 Å². The van der Waals surface area contributed by atoms with Crippen LogP contribution in [0.3, 0.4) is 0 Å². The quantitative estimate of drug-likeness (QED) is 0.795. The number of nitrogens with one attached hydrogen (secondary N) is 1. The molecule has 0 aliphatic carbocycles. The Labute approximate surface area is 110 Å². The van der Waals surface area contributed by atoms with Gasteiger partial charge in [0, 0.05) is 26.4 Å². The van der Waals surface area contributed by atoms with Crippen molar-refractivity contribution in [3.05, 3.63) is 23.6 Å². The maximum absolute atomic E-state index is 12.0. The van der Waals surface area contributed by atoms with Crippen LogP contribution in [-0.2, 0) is 13.0 Å². The van der Waals surface area contributed by atoms with Crippen molar-refractivity contribution in [3.8, 4) is 0 Å². The number of nitrogens with zero attached hydrogens (tertiary/aromatic N) is 4. The minimum absolute atomic E-state index is 0.253. The minimum Gasteiger partial charge on any atom is -0.396 e. The molecule has 102 valence electrons. The zero-order valence-electron chi connectivity index (χ0n) is 10.9. The second kappa shape index (κ2) is 5.51. The monoisotopic (exact) mass is 264 g/mol. The van der Waals surface area contributed by atoms with E-state index in [1.807, 2.05) is 6.92 Å². The summed E-state index contributed by atoms with van der Waals surface area (Å²) in [6, 6.07) is 0. The second-order valence-electron chi connectivity index (χ2n) is 4.00. The molecule has 0 aliphatic heterocycles. The molecule has 8 nitrogen and oxygen atoms in total. The molecule has 0 spiro atoms. The normalized spacial score (nSPS) is 10.6. The molecule has 0 radical (unpaired) electrons. The van der Waals surface area contributed by atoms with E-state index in [0.29, 0.717) is 42.6 Å². The predicted molar refractivity (Wildman–Crippen MR) is 67.4 cm³/mol. The van der Waals surface area contributed by atoms with Crippen LogP contribution in [-0.4, -0.2) is 32.4 Å². The summed E-state index contributed by atoms with van der Waals surface area (Å²) in [5, 5.41) is 10.5. The van der Waals surface area contributed by atoms with Crippen molar-refractivity contribution < 1.29 is 9.32 Å². The number of hydrogen-bond acceptors (Lipinski definition) is 6. The molecule has 0 aromatic carbocycles. The van der Waals surface area contributed by atoms with Crippen LogP contribution in [0.2, 0.25) is 0 Å². The van der Waals surface area contributed by atoms with Gasteiger partial charge in [-0.1, -0.05) is 5.16 Å². The first-order chi connectivity index (χ1) is 9.11. The summed E-state index contributed by atoms with van der Waals surface area (Å²) in [6.07, 6.45) is 1.98. The van der Waals surface area contributed by atoms with Crippen molar-refractivity contribution in [2.24, 2.45) is 0 Å². The van der Waals surface area contributed by atoms with E-state index < -0.39 is 0 Å². The summed E-state index contributed by atoms with van der Waals surface area (Å²) in [7, 11) is 0. The second-order valence-corrected chi connectivity index (χ2v) is 4.00. The Morgan fingerprint density at radius 2 is 2.37 bits per heavy atom. The number of amides is 1. The molecular formula is C11H16N6O2. The molecule has 3 N–H and O–H groups in total. The Hall–Kier alpha value is -2.38. The van der Waals surface area contributed by atoms with Crippen molar-refractivity contribution >= 4 is 11.6 Å². The lowest BCUT2D eigenvalue weighted by atomic mass is 10.3. The minimum atomic E-state index is -0.253. The first kappa shape index (κ1) is 13.1. The van der Waals surface area contributed by atoms with E-state index in [1.54, 1.807) is 11.6 Å². The first-order valence-corrected chi connectivity index (χ1v) is 6.00. The fraction of sp³-hybridized carbons (Fsp3) is 0.455. The highest BCUT2D eigenvalue weighted by Crippen LogP contribution is 2.10. The Morgan fingerprint density at radius 1 is 1.58 bits per heavy atom. The van der Waals surface area contributed by atoms with Crippen molar-refractivity contribution in [1.82, 2.24) is 25.2 Å². The van der Waals surface area contributed by atoms with Crippen LogP contribution in [0.5, 0.6) is 0 Å². The third-order valence-electron chi connectivity index (χ3n) is 2.59. The van der Waals surface area contributed by atoms with Crippen LogP contribution in [0.1, 0.15) is 29.1 Å². The Balaban J connectivity index is 1.92. The molecule has 2 aromatic rings. The number of aromatic nitrogens is 4. The van der Waals surface area contributed by atoms with Crippen LogP contribution in [0.4, 0.5) is 5.69 Å². The zero-order chi connectivity index (χ0) is 13.8. The van der Waals surface area contributed by atoms with E-state index in [1.165, 1.54) is 6.20 Å². The lowest BCUT2D eigenvalue weighted by Gasteiger charge is -2.06. The highest BCUT2D eigenvalue weighted by Gasteiger charge is 2.15. The maximum Gasteiger partial charge on any atom is 0.271 e. The molecule has 0 fully saturated rings. The highest BCUT2D eigenvalue weighted by molar-refractivity contribution is 5.97. The lowest BCUT2D eigenvalue weighted by molar-refractivity contribution is 0.0944. The van der Waals surface area contributed by atoms with E-state index in [0.717, 1.165) is 0 Å². The fourth-order valence-electron chi connectivity index (χ4n) is 1.70. The average molecular weight is 264 g/mol. The van der Waals surface area contributed by atoms with Gasteiger partial charge in [0.2, 0.25) is 5.89 Å². The molecule has 0 saturated heterocycles. The van der Waals surface area contributed by atoms with Crippen molar-refractivity contribution in [1.29, 1.82) is 0 Å². The van der Waals surface area contributed by atoms with E-state index in [9.17, 15) is 4.79 Å². The van der Waals surface area contributed by atoms with E-state index in [-0.39, 0.29) is 5.91 Å². The average Bonchev–Trinajstić information content (AvgIpc) is 2.95. The summed E-state index contributed by atoms with van der Waals surface area (Å²) >= 11 is 0. The predicted octanol–water partition coefficient (Wildman–Crippen LogP) is 0.149. The molecule has 0 saturated carbocycles. The molecule has 8 heteroatoms. The molecule has 0 unspecified atom stereocenters. The number of nitrogens with two attached hydrogens (primary N) is 1. The third kappa shape index (κ3) is 2.90. The summed E-state index contributed by atoms with van der Waals surface area (Å²) in [6.45, 7) is 4.61. The van der Waals surface area contributed by atoms with Crippen LogP contribution in [0.25, 0.3) is 0 Å². The third-order valence-corrected chi connectivity index (χ3v) is 2.59. The highest BCUT2D eigenvalue weighted by atomic mass is 16.5. The number of carbonyl (C=O) groups is 1. The Bertz CT molecular complexity index is 574. The standard InChI is InChI=1S/C11H16N6O2/c1-3-17-10(8(12)6-14-17)11(18)13-5-4-9-15-7(2)19-16-9/h6H,3-5,12H2,1-2H3,(H,13,18). The first-order valence-electron chi connectivity index (χ1n) is 6.00. The van der Waals surface area contributed by atoms with Gasteiger partial charge in [0.05, 0.1) is 11.9 Å². The van der Waals surface area contributed by atoms with Gasteiger partial charge in [-0.2, -0.15) is 10.1 Å². The molecule has 19 heavy (non-hydrogen) atoms. The molecule has 2 aromatic heterocycles. The van der Waals surface area contributed by atoms with Gasteiger partial charge in [-0.15, -0.1) is 0 Å². The van der Waals surface area contributed by atoms with Crippen LogP contribution >= 0.6 is 0 Å². The lowest BCUT2D eigenvalue weighted by Crippen LogP contribution is -2.29. The van der Waals surface area contributed by atoms with Gasteiger partial charge >= 0.3 is 0 Å². The van der Waals surface area contributed by atoms with Gasteiger partial charge in [-0.05, 0) is 6.92 Å². The molecular weight excluding hydrogens is 248 g/mol. The summed E-state index contributed by atoms with van der Waals surface area (Å²) in [4.78, 5) is 16.0. The van der Waals surface area contributed by atoms with E-state index in [4.69, 9.17) is 10.3 Å². The Morgan fingerprint density at radius 3 is 3.00 bits per heavy atom. The van der Waals surface area contributed by atoms with Crippen LogP contribution in [0.15, 0.2) is 10.7 Å². The van der Waals surface area contributed by atoms with Gasteiger partial charge in [-0.25, -0.2) is 0 Å². The van der Waals surface area contributed by atoms with Crippen LogP contribution < -0.4 is 11.1 Å². The number of aryl methyl sites for hydroxylation is 2. The van der Waals surface area contributed by atoms with Gasteiger partial charge < -0.3 is 15.6 Å². The molecule has 0 atom stereocenters. The summed E-state index contributed by atoms with van der Waals surface area (Å²) < 4.78 is 6.40. The van der Waals surface area contributed by atoms with Crippen molar-refractivity contribution in [2.75, 3.05) is 12.3 Å².